The second-order valence-corrected chi connectivity index (χ2v) is 5.71. The van der Waals surface area contributed by atoms with E-state index in [4.69, 9.17) is 0 Å². The molecule has 1 amide bonds. The fraction of sp³-hybridized carbons (Fsp3) is 0.312. The lowest BCUT2D eigenvalue weighted by Crippen LogP contribution is -2.38. The number of likely N-dealkylation sites (N-methyl/N-ethyl adjacent to an activating group) is 2. The smallest absolute Gasteiger partial charge is 0.242 e. The zero-order valence-electron chi connectivity index (χ0n) is 12.0. The number of thiophene rings is 1. The van der Waals surface area contributed by atoms with Gasteiger partial charge >= 0.3 is 0 Å². The molecule has 4 heteroatoms. The summed E-state index contributed by atoms with van der Waals surface area (Å²) in [6.07, 6.45) is 0. The van der Waals surface area contributed by atoms with Crippen molar-refractivity contribution in [3.05, 3.63) is 52.7 Å². The Morgan fingerprint density at radius 1 is 1.15 bits per heavy atom. The molecule has 0 aliphatic rings. The van der Waals surface area contributed by atoms with Crippen LogP contribution in [0.25, 0.3) is 0 Å². The van der Waals surface area contributed by atoms with Crippen LogP contribution in [0.1, 0.15) is 11.8 Å². The van der Waals surface area contributed by atoms with E-state index in [1.807, 2.05) is 65.5 Å². The Morgan fingerprint density at radius 2 is 1.90 bits per heavy atom. The highest BCUT2D eigenvalue weighted by Crippen LogP contribution is 2.14. The summed E-state index contributed by atoms with van der Waals surface area (Å²) in [4.78, 5) is 17.5. The van der Waals surface area contributed by atoms with Crippen LogP contribution in [0.2, 0.25) is 0 Å². The molecule has 2 rings (SSSR count). The van der Waals surface area contributed by atoms with E-state index < -0.39 is 0 Å². The Morgan fingerprint density at radius 3 is 2.50 bits per heavy atom. The SMILES string of the molecule is CCN(Cc1cccs1)C(=O)CN(C)c1ccccc1. The largest absolute Gasteiger partial charge is 0.365 e. The second kappa shape index (κ2) is 7.10. The molecule has 0 atom stereocenters. The van der Waals surface area contributed by atoms with Crippen molar-refractivity contribution >= 4 is 22.9 Å². The van der Waals surface area contributed by atoms with Gasteiger partial charge in [-0.3, -0.25) is 4.79 Å². The average Bonchev–Trinajstić information content (AvgIpc) is 2.98. The molecule has 0 aliphatic heterocycles. The number of carbonyl (C=O) groups excluding carboxylic acids is 1. The number of hydrogen-bond acceptors (Lipinski definition) is 3. The number of hydrogen-bond donors (Lipinski definition) is 0. The van der Waals surface area contributed by atoms with Crippen LogP contribution in [0.5, 0.6) is 0 Å². The fourth-order valence-electron chi connectivity index (χ4n) is 2.04. The van der Waals surface area contributed by atoms with Crippen molar-refractivity contribution in [1.29, 1.82) is 0 Å². The first-order chi connectivity index (χ1) is 9.70. The highest BCUT2D eigenvalue weighted by Gasteiger charge is 2.15. The summed E-state index contributed by atoms with van der Waals surface area (Å²) in [6, 6.07) is 14.1. The maximum Gasteiger partial charge on any atom is 0.242 e. The quantitative estimate of drug-likeness (QED) is 0.815. The third-order valence-electron chi connectivity index (χ3n) is 3.23. The van der Waals surface area contributed by atoms with Gasteiger partial charge in [0.2, 0.25) is 5.91 Å². The lowest BCUT2D eigenvalue weighted by atomic mass is 10.3. The molecule has 1 aromatic carbocycles. The molecule has 1 heterocycles. The summed E-state index contributed by atoms with van der Waals surface area (Å²) in [6.45, 7) is 3.87. The van der Waals surface area contributed by atoms with Crippen molar-refractivity contribution in [1.82, 2.24) is 4.90 Å². The van der Waals surface area contributed by atoms with E-state index in [1.54, 1.807) is 11.3 Å². The lowest BCUT2D eigenvalue weighted by molar-refractivity contribution is -0.130. The van der Waals surface area contributed by atoms with Gasteiger partial charge in [0.05, 0.1) is 13.1 Å². The number of amides is 1. The third-order valence-corrected chi connectivity index (χ3v) is 4.09. The van der Waals surface area contributed by atoms with Crippen molar-refractivity contribution in [2.45, 2.75) is 13.5 Å². The molecule has 20 heavy (non-hydrogen) atoms. The molecule has 0 fully saturated rings. The molecule has 0 saturated carbocycles. The zero-order valence-corrected chi connectivity index (χ0v) is 12.8. The lowest BCUT2D eigenvalue weighted by Gasteiger charge is -2.25. The van der Waals surface area contributed by atoms with Crippen molar-refractivity contribution in [2.75, 3.05) is 25.0 Å². The van der Waals surface area contributed by atoms with Gasteiger partial charge in [0.1, 0.15) is 0 Å². The Kier molecular flexibility index (Phi) is 5.18. The van der Waals surface area contributed by atoms with Gasteiger partial charge in [-0.2, -0.15) is 0 Å². The van der Waals surface area contributed by atoms with Gasteiger partial charge in [-0.1, -0.05) is 24.3 Å². The predicted octanol–water partition coefficient (Wildman–Crippen LogP) is 3.23. The van der Waals surface area contributed by atoms with E-state index in [2.05, 4.69) is 6.07 Å². The van der Waals surface area contributed by atoms with Crippen LogP contribution in [0, 0.1) is 0 Å². The van der Waals surface area contributed by atoms with Gasteiger partial charge in [0.15, 0.2) is 0 Å². The molecule has 2 aromatic rings. The van der Waals surface area contributed by atoms with Gasteiger partial charge in [-0.25, -0.2) is 0 Å². The maximum absolute atomic E-state index is 12.4. The zero-order chi connectivity index (χ0) is 14.4. The van der Waals surface area contributed by atoms with Gasteiger partial charge in [0.25, 0.3) is 0 Å². The number of nitrogens with zero attached hydrogens (tertiary/aromatic N) is 2. The topological polar surface area (TPSA) is 23.6 Å². The van der Waals surface area contributed by atoms with Crippen molar-refractivity contribution in [2.24, 2.45) is 0 Å². The van der Waals surface area contributed by atoms with Gasteiger partial charge in [0, 0.05) is 24.2 Å². The molecular weight excluding hydrogens is 268 g/mol. The standard InChI is InChI=1S/C16H20N2OS/c1-3-18(12-15-10-7-11-20-15)16(19)13-17(2)14-8-5-4-6-9-14/h4-11H,3,12-13H2,1-2H3. The van der Waals surface area contributed by atoms with Gasteiger partial charge < -0.3 is 9.80 Å². The summed E-state index contributed by atoms with van der Waals surface area (Å²) in [7, 11) is 1.95. The summed E-state index contributed by atoms with van der Waals surface area (Å²) in [5.41, 5.74) is 1.06. The highest BCUT2D eigenvalue weighted by molar-refractivity contribution is 7.09. The first-order valence-electron chi connectivity index (χ1n) is 6.77. The average molecular weight is 288 g/mol. The van der Waals surface area contributed by atoms with Crippen LogP contribution < -0.4 is 4.90 Å². The molecule has 3 nitrogen and oxygen atoms in total. The molecule has 0 unspecified atom stereocenters. The summed E-state index contributed by atoms with van der Waals surface area (Å²) in [5, 5.41) is 2.05. The van der Waals surface area contributed by atoms with E-state index in [9.17, 15) is 4.79 Å². The number of benzene rings is 1. The van der Waals surface area contributed by atoms with Crippen LogP contribution >= 0.6 is 11.3 Å². The van der Waals surface area contributed by atoms with Crippen molar-refractivity contribution < 1.29 is 4.79 Å². The summed E-state index contributed by atoms with van der Waals surface area (Å²) in [5.74, 6) is 0.159. The minimum atomic E-state index is 0.159. The number of carbonyl (C=O) groups is 1. The first-order valence-corrected chi connectivity index (χ1v) is 7.65. The molecule has 106 valence electrons. The number of rotatable bonds is 6. The van der Waals surface area contributed by atoms with Crippen LogP contribution in [0.4, 0.5) is 5.69 Å². The number of anilines is 1. The summed E-state index contributed by atoms with van der Waals surface area (Å²) >= 11 is 1.69. The molecule has 0 radical (unpaired) electrons. The predicted molar refractivity (Wildman–Crippen MR) is 85.1 cm³/mol. The van der Waals surface area contributed by atoms with E-state index in [-0.39, 0.29) is 5.91 Å². The molecule has 0 spiro atoms. The molecule has 0 N–H and O–H groups in total. The molecular formula is C16H20N2OS. The minimum absolute atomic E-state index is 0.159. The van der Waals surface area contributed by atoms with Crippen LogP contribution in [0.3, 0.4) is 0 Å². The number of para-hydroxylation sites is 1. The molecule has 1 aromatic heterocycles. The Bertz CT molecular complexity index is 525. The third kappa shape index (κ3) is 3.84. The van der Waals surface area contributed by atoms with Crippen LogP contribution in [0.15, 0.2) is 47.8 Å². The van der Waals surface area contributed by atoms with E-state index >= 15 is 0 Å². The van der Waals surface area contributed by atoms with E-state index in [0.29, 0.717) is 13.1 Å². The maximum atomic E-state index is 12.4. The molecule has 0 aliphatic carbocycles. The van der Waals surface area contributed by atoms with E-state index in [1.165, 1.54) is 4.88 Å². The Hall–Kier alpha value is -1.81. The van der Waals surface area contributed by atoms with Crippen molar-refractivity contribution in [3.63, 3.8) is 0 Å². The van der Waals surface area contributed by atoms with Crippen LogP contribution in [-0.4, -0.2) is 30.9 Å². The van der Waals surface area contributed by atoms with Crippen molar-refractivity contribution in [3.8, 4) is 0 Å². The molecule has 0 saturated heterocycles. The van der Waals surface area contributed by atoms with Crippen LogP contribution in [-0.2, 0) is 11.3 Å². The second-order valence-electron chi connectivity index (χ2n) is 4.68. The Balaban J connectivity index is 1.95. The Labute approximate surface area is 124 Å². The molecule has 0 bridgehead atoms. The van der Waals surface area contributed by atoms with Gasteiger partial charge in [-0.05, 0) is 30.5 Å². The summed E-state index contributed by atoms with van der Waals surface area (Å²) < 4.78 is 0. The van der Waals surface area contributed by atoms with Gasteiger partial charge in [-0.15, -0.1) is 11.3 Å². The fourth-order valence-corrected chi connectivity index (χ4v) is 2.76. The normalized spacial score (nSPS) is 10.3. The monoisotopic (exact) mass is 288 g/mol. The highest BCUT2D eigenvalue weighted by atomic mass is 32.1. The van der Waals surface area contributed by atoms with E-state index in [0.717, 1.165) is 12.2 Å². The first kappa shape index (κ1) is 14.6. The minimum Gasteiger partial charge on any atom is -0.365 e.